The normalized spacial score (nSPS) is 22.4. The smallest absolute Gasteiger partial charge is 0.410 e. The minimum atomic E-state index is -0.434. The molecule has 1 amide bonds. The second-order valence-electron chi connectivity index (χ2n) is 7.04. The standard InChI is InChI=1S/C15H26N2O3/c1-14(2,3)20-13(19)17-10-8-16(9-11-17)7-6-15(12-18)4-5-15/h12H,4-11H2,1-3H3. The quantitative estimate of drug-likeness (QED) is 0.739. The zero-order chi connectivity index (χ0) is 14.8. The number of amides is 1. The van der Waals surface area contributed by atoms with Gasteiger partial charge in [0.15, 0.2) is 0 Å². The molecular formula is C15H26N2O3. The van der Waals surface area contributed by atoms with Gasteiger partial charge in [0.1, 0.15) is 11.9 Å². The van der Waals surface area contributed by atoms with Crippen LogP contribution in [0.5, 0.6) is 0 Å². The second-order valence-corrected chi connectivity index (χ2v) is 7.04. The van der Waals surface area contributed by atoms with E-state index in [0.717, 1.165) is 45.2 Å². The topological polar surface area (TPSA) is 49.9 Å². The van der Waals surface area contributed by atoms with Crippen molar-refractivity contribution in [1.82, 2.24) is 9.80 Å². The zero-order valence-electron chi connectivity index (χ0n) is 12.9. The molecule has 0 bridgehead atoms. The molecule has 0 spiro atoms. The first kappa shape index (κ1) is 15.3. The molecule has 2 fully saturated rings. The molecule has 5 heteroatoms. The van der Waals surface area contributed by atoms with E-state index in [4.69, 9.17) is 4.74 Å². The molecule has 2 rings (SSSR count). The molecule has 2 aliphatic rings. The Hall–Kier alpha value is -1.10. The third kappa shape index (κ3) is 4.20. The molecule has 0 aromatic heterocycles. The van der Waals surface area contributed by atoms with Gasteiger partial charge in [0.2, 0.25) is 0 Å². The van der Waals surface area contributed by atoms with Crippen LogP contribution in [0.4, 0.5) is 4.79 Å². The summed E-state index contributed by atoms with van der Waals surface area (Å²) in [6.45, 7) is 9.77. The van der Waals surface area contributed by atoms with E-state index in [-0.39, 0.29) is 11.5 Å². The highest BCUT2D eigenvalue weighted by atomic mass is 16.6. The summed E-state index contributed by atoms with van der Waals surface area (Å²) in [6, 6.07) is 0. The van der Waals surface area contributed by atoms with Crippen LogP contribution >= 0.6 is 0 Å². The fourth-order valence-corrected chi connectivity index (χ4v) is 2.45. The van der Waals surface area contributed by atoms with Gasteiger partial charge in [0, 0.05) is 31.6 Å². The van der Waals surface area contributed by atoms with Crippen LogP contribution in [0.2, 0.25) is 0 Å². The van der Waals surface area contributed by atoms with E-state index in [1.807, 2.05) is 20.8 Å². The van der Waals surface area contributed by atoms with Gasteiger partial charge in [-0.15, -0.1) is 0 Å². The van der Waals surface area contributed by atoms with Crippen molar-refractivity contribution in [3.8, 4) is 0 Å². The van der Waals surface area contributed by atoms with Gasteiger partial charge in [0.25, 0.3) is 0 Å². The summed E-state index contributed by atoms with van der Waals surface area (Å²) < 4.78 is 5.38. The summed E-state index contributed by atoms with van der Waals surface area (Å²) in [7, 11) is 0. The molecule has 1 aliphatic carbocycles. The van der Waals surface area contributed by atoms with Crippen LogP contribution in [0.25, 0.3) is 0 Å². The number of hydrogen-bond donors (Lipinski definition) is 0. The molecule has 1 saturated carbocycles. The Morgan fingerprint density at radius 1 is 1.20 bits per heavy atom. The first-order valence-electron chi connectivity index (χ1n) is 7.50. The van der Waals surface area contributed by atoms with Crippen molar-refractivity contribution >= 4 is 12.4 Å². The highest BCUT2D eigenvalue weighted by Crippen LogP contribution is 2.46. The van der Waals surface area contributed by atoms with E-state index in [2.05, 4.69) is 4.90 Å². The number of nitrogens with zero attached hydrogens (tertiary/aromatic N) is 2. The highest BCUT2D eigenvalue weighted by Gasteiger charge is 2.42. The summed E-state index contributed by atoms with van der Waals surface area (Å²) in [4.78, 5) is 27.0. The van der Waals surface area contributed by atoms with Crippen molar-refractivity contribution in [2.24, 2.45) is 5.41 Å². The van der Waals surface area contributed by atoms with Crippen LogP contribution in [0.1, 0.15) is 40.0 Å². The van der Waals surface area contributed by atoms with E-state index >= 15 is 0 Å². The zero-order valence-corrected chi connectivity index (χ0v) is 12.9. The maximum Gasteiger partial charge on any atom is 0.410 e. The Bertz CT molecular complexity index is 364. The number of piperazine rings is 1. The summed E-state index contributed by atoms with van der Waals surface area (Å²) >= 11 is 0. The molecule has 1 saturated heterocycles. The van der Waals surface area contributed by atoms with Gasteiger partial charge in [-0.3, -0.25) is 4.90 Å². The van der Waals surface area contributed by atoms with Crippen molar-refractivity contribution in [3.05, 3.63) is 0 Å². The van der Waals surface area contributed by atoms with Crippen LogP contribution in [0.15, 0.2) is 0 Å². The molecule has 0 aromatic rings. The van der Waals surface area contributed by atoms with E-state index < -0.39 is 5.60 Å². The van der Waals surface area contributed by atoms with Crippen LogP contribution in [0, 0.1) is 5.41 Å². The Kier molecular flexibility index (Phi) is 4.37. The Morgan fingerprint density at radius 2 is 1.80 bits per heavy atom. The summed E-state index contributed by atoms with van der Waals surface area (Å²) in [5.41, 5.74) is -0.446. The number of carbonyl (C=O) groups is 2. The number of ether oxygens (including phenoxy) is 1. The van der Waals surface area contributed by atoms with Gasteiger partial charge in [-0.1, -0.05) is 0 Å². The lowest BCUT2D eigenvalue weighted by molar-refractivity contribution is -0.112. The predicted molar refractivity (Wildman–Crippen MR) is 76.6 cm³/mol. The molecule has 20 heavy (non-hydrogen) atoms. The first-order chi connectivity index (χ1) is 9.34. The fourth-order valence-electron chi connectivity index (χ4n) is 2.45. The first-order valence-corrected chi connectivity index (χ1v) is 7.50. The largest absolute Gasteiger partial charge is 0.444 e. The third-order valence-corrected chi connectivity index (χ3v) is 4.09. The molecule has 1 heterocycles. The van der Waals surface area contributed by atoms with E-state index in [0.29, 0.717) is 13.1 Å². The van der Waals surface area contributed by atoms with Crippen molar-refractivity contribution < 1.29 is 14.3 Å². The molecule has 114 valence electrons. The monoisotopic (exact) mass is 282 g/mol. The Balaban J connectivity index is 1.69. The summed E-state index contributed by atoms with van der Waals surface area (Å²) in [5.74, 6) is 0. The molecule has 0 N–H and O–H groups in total. The van der Waals surface area contributed by atoms with Gasteiger partial charge < -0.3 is 14.4 Å². The van der Waals surface area contributed by atoms with Gasteiger partial charge >= 0.3 is 6.09 Å². The molecular weight excluding hydrogens is 256 g/mol. The lowest BCUT2D eigenvalue weighted by Gasteiger charge is -2.35. The Labute approximate surface area is 121 Å². The lowest BCUT2D eigenvalue weighted by Crippen LogP contribution is -2.50. The van der Waals surface area contributed by atoms with Crippen LogP contribution in [-0.2, 0) is 9.53 Å². The van der Waals surface area contributed by atoms with Gasteiger partial charge in [-0.2, -0.15) is 0 Å². The molecule has 5 nitrogen and oxygen atoms in total. The highest BCUT2D eigenvalue weighted by molar-refractivity contribution is 5.68. The van der Waals surface area contributed by atoms with Crippen LogP contribution in [0.3, 0.4) is 0 Å². The van der Waals surface area contributed by atoms with Crippen LogP contribution in [-0.4, -0.2) is 60.5 Å². The average Bonchev–Trinajstić information content (AvgIpc) is 3.16. The lowest BCUT2D eigenvalue weighted by atomic mass is 10.0. The van der Waals surface area contributed by atoms with Crippen LogP contribution < -0.4 is 0 Å². The second kappa shape index (κ2) is 5.72. The minimum Gasteiger partial charge on any atom is -0.444 e. The third-order valence-electron chi connectivity index (χ3n) is 4.09. The molecule has 0 atom stereocenters. The van der Waals surface area contributed by atoms with Crippen molar-refractivity contribution in [3.63, 3.8) is 0 Å². The fraction of sp³-hybridized carbons (Fsp3) is 0.867. The number of aldehydes is 1. The predicted octanol–water partition coefficient (Wildman–Crippen LogP) is 1.91. The maximum atomic E-state index is 11.9. The summed E-state index contributed by atoms with van der Waals surface area (Å²) in [6.07, 6.45) is 3.97. The Morgan fingerprint density at radius 3 is 2.25 bits per heavy atom. The molecule has 0 aromatic carbocycles. The minimum absolute atomic E-state index is 0.0116. The van der Waals surface area contributed by atoms with Crippen molar-refractivity contribution in [2.45, 2.75) is 45.6 Å². The number of hydrogen-bond acceptors (Lipinski definition) is 4. The maximum absolute atomic E-state index is 11.9. The van der Waals surface area contributed by atoms with Gasteiger partial charge in [0.05, 0.1) is 0 Å². The SMILES string of the molecule is CC(C)(C)OC(=O)N1CCN(CCC2(C=O)CC2)CC1. The molecule has 0 unspecified atom stereocenters. The number of rotatable bonds is 4. The summed E-state index contributed by atoms with van der Waals surface area (Å²) in [5, 5.41) is 0. The van der Waals surface area contributed by atoms with E-state index in [1.54, 1.807) is 4.90 Å². The number of carbonyl (C=O) groups excluding carboxylic acids is 2. The van der Waals surface area contributed by atoms with Gasteiger partial charge in [-0.05, 0) is 46.6 Å². The van der Waals surface area contributed by atoms with Gasteiger partial charge in [-0.25, -0.2) is 4.79 Å². The molecule has 1 aliphatic heterocycles. The van der Waals surface area contributed by atoms with Crippen molar-refractivity contribution in [1.29, 1.82) is 0 Å². The average molecular weight is 282 g/mol. The van der Waals surface area contributed by atoms with E-state index in [1.165, 1.54) is 0 Å². The molecule has 0 radical (unpaired) electrons. The van der Waals surface area contributed by atoms with Crippen molar-refractivity contribution in [2.75, 3.05) is 32.7 Å². The van der Waals surface area contributed by atoms with E-state index in [9.17, 15) is 9.59 Å².